The number of likely N-dealkylation sites (tertiary alicyclic amines) is 1. The average Bonchev–Trinajstić information content (AvgIpc) is 2.65. The maximum atomic E-state index is 12.3. The summed E-state index contributed by atoms with van der Waals surface area (Å²) in [6.07, 6.45) is 8.22. The van der Waals surface area contributed by atoms with E-state index in [9.17, 15) is 4.79 Å². The lowest BCUT2D eigenvalue weighted by Gasteiger charge is -2.26. The van der Waals surface area contributed by atoms with Crippen molar-refractivity contribution in [1.82, 2.24) is 10.2 Å². The lowest BCUT2D eigenvalue weighted by atomic mass is 9.95. The van der Waals surface area contributed by atoms with E-state index in [1.807, 2.05) is 0 Å². The molecule has 0 bridgehead atoms. The van der Waals surface area contributed by atoms with Crippen molar-refractivity contribution in [2.24, 2.45) is 11.8 Å². The van der Waals surface area contributed by atoms with Crippen LogP contribution in [0.15, 0.2) is 0 Å². The minimum Gasteiger partial charge on any atom is -0.343 e. The van der Waals surface area contributed by atoms with Gasteiger partial charge in [-0.05, 0) is 57.0 Å². The fourth-order valence-corrected chi connectivity index (χ4v) is 3.30. The standard InChI is InChI=1S/C15H28N2O/c1-2-13-6-4-9-17(10-7-13)15(18)11-14-5-3-8-16-12-14/h13-14,16H,2-12H2,1H3. The second-order valence-corrected chi connectivity index (χ2v) is 6.00. The van der Waals surface area contributed by atoms with Crippen LogP contribution < -0.4 is 5.32 Å². The molecular weight excluding hydrogens is 224 g/mol. The molecule has 0 aliphatic carbocycles. The summed E-state index contributed by atoms with van der Waals surface area (Å²) in [6.45, 7) is 6.44. The van der Waals surface area contributed by atoms with Crippen LogP contribution in [0.1, 0.15) is 51.9 Å². The lowest BCUT2D eigenvalue weighted by Crippen LogP contribution is -2.37. The van der Waals surface area contributed by atoms with Crippen molar-refractivity contribution < 1.29 is 4.79 Å². The molecule has 2 heterocycles. The molecular formula is C15H28N2O. The molecule has 0 spiro atoms. The summed E-state index contributed by atoms with van der Waals surface area (Å²) in [7, 11) is 0. The molecule has 2 saturated heterocycles. The SMILES string of the molecule is CCC1CCCN(C(=O)CC2CCCNC2)CC1. The van der Waals surface area contributed by atoms with E-state index < -0.39 is 0 Å². The zero-order valence-corrected chi connectivity index (χ0v) is 11.8. The van der Waals surface area contributed by atoms with Gasteiger partial charge in [-0.2, -0.15) is 0 Å². The topological polar surface area (TPSA) is 32.3 Å². The Labute approximate surface area is 111 Å². The Kier molecular flexibility index (Phi) is 5.48. The van der Waals surface area contributed by atoms with Gasteiger partial charge in [0.2, 0.25) is 5.91 Å². The third-order valence-corrected chi connectivity index (χ3v) is 4.64. The van der Waals surface area contributed by atoms with Gasteiger partial charge in [0.15, 0.2) is 0 Å². The Morgan fingerprint density at radius 1 is 1.17 bits per heavy atom. The number of nitrogens with zero attached hydrogens (tertiary/aromatic N) is 1. The Balaban J connectivity index is 1.77. The molecule has 2 unspecified atom stereocenters. The number of carbonyl (C=O) groups is 1. The first-order chi connectivity index (χ1) is 8.79. The predicted molar refractivity (Wildman–Crippen MR) is 74.4 cm³/mol. The number of carbonyl (C=O) groups excluding carboxylic acids is 1. The maximum Gasteiger partial charge on any atom is 0.222 e. The van der Waals surface area contributed by atoms with Gasteiger partial charge in [0, 0.05) is 19.5 Å². The van der Waals surface area contributed by atoms with Gasteiger partial charge in [-0.25, -0.2) is 0 Å². The van der Waals surface area contributed by atoms with Gasteiger partial charge < -0.3 is 10.2 Å². The molecule has 2 rings (SSSR count). The van der Waals surface area contributed by atoms with E-state index in [1.54, 1.807) is 0 Å². The van der Waals surface area contributed by atoms with Crippen LogP contribution in [-0.4, -0.2) is 37.0 Å². The van der Waals surface area contributed by atoms with Crippen LogP contribution in [-0.2, 0) is 4.79 Å². The van der Waals surface area contributed by atoms with Crippen molar-refractivity contribution >= 4 is 5.91 Å². The van der Waals surface area contributed by atoms with E-state index in [2.05, 4.69) is 17.1 Å². The van der Waals surface area contributed by atoms with Crippen molar-refractivity contribution in [1.29, 1.82) is 0 Å². The van der Waals surface area contributed by atoms with E-state index in [0.717, 1.165) is 38.5 Å². The minimum atomic E-state index is 0.403. The first-order valence-corrected chi connectivity index (χ1v) is 7.78. The molecule has 104 valence electrons. The van der Waals surface area contributed by atoms with Crippen LogP contribution in [0.4, 0.5) is 0 Å². The number of amides is 1. The third kappa shape index (κ3) is 3.98. The molecule has 0 saturated carbocycles. The number of piperidine rings is 1. The van der Waals surface area contributed by atoms with Crippen molar-refractivity contribution in [3.05, 3.63) is 0 Å². The van der Waals surface area contributed by atoms with E-state index in [1.165, 1.54) is 38.5 Å². The van der Waals surface area contributed by atoms with Crippen LogP contribution in [0.5, 0.6) is 0 Å². The molecule has 3 heteroatoms. The largest absolute Gasteiger partial charge is 0.343 e. The summed E-state index contributed by atoms with van der Waals surface area (Å²) < 4.78 is 0. The molecule has 18 heavy (non-hydrogen) atoms. The maximum absolute atomic E-state index is 12.3. The zero-order chi connectivity index (χ0) is 12.8. The van der Waals surface area contributed by atoms with Crippen molar-refractivity contribution in [3.8, 4) is 0 Å². The highest BCUT2D eigenvalue weighted by atomic mass is 16.2. The Hall–Kier alpha value is -0.570. The van der Waals surface area contributed by atoms with Crippen molar-refractivity contribution in [2.75, 3.05) is 26.2 Å². The van der Waals surface area contributed by atoms with E-state index in [-0.39, 0.29) is 0 Å². The van der Waals surface area contributed by atoms with Gasteiger partial charge in [-0.1, -0.05) is 13.3 Å². The second-order valence-electron chi connectivity index (χ2n) is 6.00. The normalized spacial score (nSPS) is 29.9. The highest BCUT2D eigenvalue weighted by molar-refractivity contribution is 5.76. The number of nitrogens with one attached hydrogen (secondary N) is 1. The Morgan fingerprint density at radius 3 is 2.72 bits per heavy atom. The molecule has 2 aliphatic heterocycles. The van der Waals surface area contributed by atoms with Crippen molar-refractivity contribution in [3.63, 3.8) is 0 Å². The van der Waals surface area contributed by atoms with E-state index in [4.69, 9.17) is 0 Å². The molecule has 0 radical (unpaired) electrons. The Bertz CT molecular complexity index is 261. The molecule has 0 aromatic rings. The van der Waals surface area contributed by atoms with Crippen LogP contribution in [0.3, 0.4) is 0 Å². The summed E-state index contributed by atoms with van der Waals surface area (Å²) in [5.41, 5.74) is 0. The molecule has 0 aromatic heterocycles. The fourth-order valence-electron chi connectivity index (χ4n) is 3.30. The van der Waals surface area contributed by atoms with Gasteiger partial charge in [0.1, 0.15) is 0 Å². The van der Waals surface area contributed by atoms with Gasteiger partial charge in [-0.15, -0.1) is 0 Å². The lowest BCUT2D eigenvalue weighted by molar-refractivity contribution is -0.132. The molecule has 2 atom stereocenters. The zero-order valence-electron chi connectivity index (χ0n) is 11.8. The quantitative estimate of drug-likeness (QED) is 0.836. The summed E-state index contributed by atoms with van der Waals surface area (Å²) in [4.78, 5) is 14.4. The predicted octanol–water partition coefficient (Wildman–Crippen LogP) is 2.41. The van der Waals surface area contributed by atoms with Gasteiger partial charge >= 0.3 is 0 Å². The van der Waals surface area contributed by atoms with Gasteiger partial charge in [-0.3, -0.25) is 4.79 Å². The van der Waals surface area contributed by atoms with Gasteiger partial charge in [0.25, 0.3) is 0 Å². The summed E-state index contributed by atoms with van der Waals surface area (Å²) >= 11 is 0. The molecule has 0 aromatic carbocycles. The highest BCUT2D eigenvalue weighted by Gasteiger charge is 2.23. The van der Waals surface area contributed by atoms with Crippen LogP contribution in [0.25, 0.3) is 0 Å². The van der Waals surface area contributed by atoms with Crippen LogP contribution in [0.2, 0.25) is 0 Å². The number of rotatable bonds is 3. The first-order valence-electron chi connectivity index (χ1n) is 7.78. The number of hydrogen-bond donors (Lipinski definition) is 1. The van der Waals surface area contributed by atoms with Gasteiger partial charge in [0.05, 0.1) is 0 Å². The van der Waals surface area contributed by atoms with E-state index >= 15 is 0 Å². The molecule has 1 amide bonds. The average molecular weight is 252 g/mol. The minimum absolute atomic E-state index is 0.403. The smallest absolute Gasteiger partial charge is 0.222 e. The van der Waals surface area contributed by atoms with Crippen molar-refractivity contribution in [2.45, 2.75) is 51.9 Å². The molecule has 2 aliphatic rings. The molecule has 1 N–H and O–H groups in total. The first kappa shape index (κ1) is 13.9. The highest BCUT2D eigenvalue weighted by Crippen LogP contribution is 2.22. The summed E-state index contributed by atoms with van der Waals surface area (Å²) in [5.74, 6) is 1.83. The molecule has 3 nitrogen and oxygen atoms in total. The molecule has 2 fully saturated rings. The second kappa shape index (κ2) is 7.13. The summed E-state index contributed by atoms with van der Waals surface area (Å²) in [5, 5.41) is 3.40. The summed E-state index contributed by atoms with van der Waals surface area (Å²) in [6, 6.07) is 0. The van der Waals surface area contributed by atoms with E-state index in [0.29, 0.717) is 11.8 Å². The monoisotopic (exact) mass is 252 g/mol. The Morgan fingerprint density at radius 2 is 2.00 bits per heavy atom. The van der Waals surface area contributed by atoms with Crippen LogP contribution in [0, 0.1) is 11.8 Å². The fraction of sp³-hybridized carbons (Fsp3) is 0.933. The number of hydrogen-bond acceptors (Lipinski definition) is 2. The van der Waals surface area contributed by atoms with Crippen LogP contribution >= 0.6 is 0 Å². The third-order valence-electron chi connectivity index (χ3n) is 4.64.